The Bertz CT molecular complexity index is 406. The van der Waals surface area contributed by atoms with E-state index in [0.29, 0.717) is 18.4 Å². The van der Waals surface area contributed by atoms with E-state index in [9.17, 15) is 13.9 Å². The SMILES string of the molecule is CC1CC[C@@H](O)c2c(F)c(Br)cc(F)c21. The molecule has 0 spiro atoms. The van der Waals surface area contributed by atoms with Crippen LogP contribution < -0.4 is 0 Å². The van der Waals surface area contributed by atoms with Gasteiger partial charge >= 0.3 is 0 Å². The van der Waals surface area contributed by atoms with Gasteiger partial charge in [0.2, 0.25) is 0 Å². The lowest BCUT2D eigenvalue weighted by atomic mass is 9.81. The van der Waals surface area contributed by atoms with Crippen LogP contribution in [0, 0.1) is 11.6 Å². The number of aliphatic hydroxyl groups excluding tert-OH is 1. The summed E-state index contributed by atoms with van der Waals surface area (Å²) >= 11 is 2.95. The van der Waals surface area contributed by atoms with Gasteiger partial charge in [0.15, 0.2) is 0 Å². The van der Waals surface area contributed by atoms with Crippen molar-refractivity contribution in [1.82, 2.24) is 0 Å². The molecule has 0 saturated heterocycles. The molecule has 0 amide bonds. The third-order valence-corrected chi connectivity index (χ3v) is 3.52. The maximum absolute atomic E-state index is 13.7. The van der Waals surface area contributed by atoms with Gasteiger partial charge in [-0.15, -0.1) is 0 Å². The van der Waals surface area contributed by atoms with Crippen molar-refractivity contribution in [3.63, 3.8) is 0 Å². The first-order chi connectivity index (χ1) is 7.02. The molecule has 1 nitrogen and oxygen atoms in total. The Morgan fingerprint density at radius 2 is 2.00 bits per heavy atom. The molecule has 2 atom stereocenters. The summed E-state index contributed by atoms with van der Waals surface area (Å²) in [6, 6.07) is 1.13. The number of rotatable bonds is 0. The predicted octanol–water partition coefficient (Wildman–Crippen LogP) is 3.66. The molecule has 82 valence electrons. The fourth-order valence-corrected chi connectivity index (χ4v) is 2.57. The predicted molar refractivity (Wildman–Crippen MR) is 56.7 cm³/mol. The first-order valence-electron chi connectivity index (χ1n) is 4.87. The van der Waals surface area contributed by atoms with Gasteiger partial charge in [0.05, 0.1) is 10.6 Å². The molecule has 1 unspecified atom stereocenters. The van der Waals surface area contributed by atoms with Gasteiger partial charge in [-0.3, -0.25) is 0 Å². The van der Waals surface area contributed by atoms with Gasteiger partial charge in [0.25, 0.3) is 0 Å². The summed E-state index contributed by atoms with van der Waals surface area (Å²) in [5, 5.41) is 9.68. The zero-order valence-electron chi connectivity index (χ0n) is 8.23. The highest BCUT2D eigenvalue weighted by Crippen LogP contribution is 2.41. The zero-order valence-corrected chi connectivity index (χ0v) is 9.81. The molecular weight excluding hydrogens is 266 g/mol. The largest absolute Gasteiger partial charge is 0.388 e. The Labute approximate surface area is 95.2 Å². The molecule has 1 aromatic rings. The van der Waals surface area contributed by atoms with Gasteiger partial charge in [-0.1, -0.05) is 6.92 Å². The molecule has 0 bridgehead atoms. The molecule has 0 heterocycles. The smallest absolute Gasteiger partial charge is 0.143 e. The number of benzene rings is 1. The van der Waals surface area contributed by atoms with Crippen molar-refractivity contribution in [2.75, 3.05) is 0 Å². The van der Waals surface area contributed by atoms with Crippen molar-refractivity contribution in [1.29, 1.82) is 0 Å². The van der Waals surface area contributed by atoms with E-state index in [4.69, 9.17) is 0 Å². The van der Waals surface area contributed by atoms with Crippen LogP contribution in [0.15, 0.2) is 10.5 Å². The van der Waals surface area contributed by atoms with Crippen molar-refractivity contribution in [3.8, 4) is 0 Å². The normalized spacial score (nSPS) is 25.1. The average Bonchev–Trinajstić information content (AvgIpc) is 2.18. The van der Waals surface area contributed by atoms with Gasteiger partial charge in [0.1, 0.15) is 11.6 Å². The van der Waals surface area contributed by atoms with E-state index in [0.717, 1.165) is 6.07 Å². The van der Waals surface area contributed by atoms with Crippen LogP contribution >= 0.6 is 15.9 Å². The van der Waals surface area contributed by atoms with Gasteiger partial charge in [-0.2, -0.15) is 0 Å². The van der Waals surface area contributed by atoms with E-state index in [1.165, 1.54) is 0 Å². The highest BCUT2D eigenvalue weighted by Gasteiger charge is 2.30. The minimum atomic E-state index is -0.886. The average molecular weight is 277 g/mol. The number of hydrogen-bond acceptors (Lipinski definition) is 1. The third-order valence-electron chi connectivity index (χ3n) is 2.95. The van der Waals surface area contributed by atoms with Crippen LogP contribution in [0.25, 0.3) is 0 Å². The quantitative estimate of drug-likeness (QED) is 0.717. The second kappa shape index (κ2) is 3.83. The molecule has 0 aromatic heterocycles. The van der Waals surface area contributed by atoms with E-state index >= 15 is 0 Å². The highest BCUT2D eigenvalue weighted by molar-refractivity contribution is 9.10. The molecule has 2 rings (SSSR count). The third kappa shape index (κ3) is 1.70. The maximum atomic E-state index is 13.7. The van der Waals surface area contributed by atoms with Crippen molar-refractivity contribution >= 4 is 15.9 Å². The molecule has 4 heteroatoms. The summed E-state index contributed by atoms with van der Waals surface area (Å²) in [7, 11) is 0. The lowest BCUT2D eigenvalue weighted by molar-refractivity contribution is 0.145. The molecule has 0 saturated carbocycles. The number of hydrogen-bond donors (Lipinski definition) is 1. The fraction of sp³-hybridized carbons (Fsp3) is 0.455. The van der Waals surface area contributed by atoms with Crippen LogP contribution in [0.4, 0.5) is 8.78 Å². The van der Waals surface area contributed by atoms with Crippen LogP contribution in [0.5, 0.6) is 0 Å². The van der Waals surface area contributed by atoms with E-state index in [1.54, 1.807) is 0 Å². The molecule has 0 fully saturated rings. The Morgan fingerprint density at radius 3 is 2.67 bits per heavy atom. The summed E-state index contributed by atoms with van der Waals surface area (Å²) in [5.41, 5.74) is 0.454. The Hall–Kier alpha value is -0.480. The van der Waals surface area contributed by atoms with Crippen molar-refractivity contribution in [2.24, 2.45) is 0 Å². The van der Waals surface area contributed by atoms with Gasteiger partial charge < -0.3 is 5.11 Å². The number of halogens is 3. The lowest BCUT2D eigenvalue weighted by Gasteiger charge is -2.27. The Balaban J connectivity index is 2.71. The van der Waals surface area contributed by atoms with Crippen LogP contribution in [0.2, 0.25) is 0 Å². The molecular formula is C11H11BrF2O. The molecule has 15 heavy (non-hydrogen) atoms. The van der Waals surface area contributed by atoms with E-state index < -0.39 is 17.7 Å². The summed E-state index contributed by atoms with van der Waals surface area (Å²) < 4.78 is 27.4. The lowest BCUT2D eigenvalue weighted by Crippen LogP contribution is -2.16. The second-order valence-corrected chi connectivity index (χ2v) is 4.83. The monoisotopic (exact) mass is 276 g/mol. The van der Waals surface area contributed by atoms with Gasteiger partial charge in [-0.05, 0) is 46.3 Å². The van der Waals surface area contributed by atoms with E-state index in [1.807, 2.05) is 6.92 Å². The number of aliphatic hydroxyl groups is 1. The fourth-order valence-electron chi connectivity index (χ4n) is 2.15. The minimum Gasteiger partial charge on any atom is -0.388 e. The molecule has 1 aromatic carbocycles. The summed E-state index contributed by atoms with van der Waals surface area (Å²) in [6.07, 6.45) is 0.288. The topological polar surface area (TPSA) is 20.2 Å². The molecule has 1 aliphatic rings. The standard InChI is InChI=1S/C11H11BrF2O/c1-5-2-3-8(15)10-9(5)7(13)4-6(12)11(10)14/h4-5,8,15H,2-3H2,1H3/t5?,8-/m1/s1. The van der Waals surface area contributed by atoms with Crippen LogP contribution in [0.1, 0.15) is 42.9 Å². The van der Waals surface area contributed by atoms with E-state index in [2.05, 4.69) is 15.9 Å². The molecule has 1 N–H and O–H groups in total. The molecule has 0 aliphatic heterocycles. The van der Waals surface area contributed by atoms with Crippen LogP contribution in [-0.4, -0.2) is 5.11 Å². The summed E-state index contributed by atoms with van der Waals surface area (Å²) in [4.78, 5) is 0. The molecule has 0 radical (unpaired) electrons. The van der Waals surface area contributed by atoms with Gasteiger partial charge in [0, 0.05) is 5.56 Å². The molecule has 1 aliphatic carbocycles. The van der Waals surface area contributed by atoms with Crippen molar-refractivity contribution < 1.29 is 13.9 Å². The highest BCUT2D eigenvalue weighted by atomic mass is 79.9. The van der Waals surface area contributed by atoms with Gasteiger partial charge in [-0.25, -0.2) is 8.78 Å². The number of fused-ring (bicyclic) bond motifs is 1. The summed E-state index contributed by atoms with van der Waals surface area (Å²) in [6.45, 7) is 1.85. The van der Waals surface area contributed by atoms with E-state index in [-0.39, 0.29) is 16.0 Å². The minimum absolute atomic E-state index is 0.0361. The summed E-state index contributed by atoms with van der Waals surface area (Å²) in [5.74, 6) is -1.01. The first kappa shape index (κ1) is 11.0. The Kier molecular flexibility index (Phi) is 2.81. The van der Waals surface area contributed by atoms with Crippen molar-refractivity contribution in [3.05, 3.63) is 33.3 Å². The van der Waals surface area contributed by atoms with Crippen LogP contribution in [-0.2, 0) is 0 Å². The van der Waals surface area contributed by atoms with Crippen LogP contribution in [0.3, 0.4) is 0 Å². The second-order valence-electron chi connectivity index (χ2n) is 3.98. The maximum Gasteiger partial charge on any atom is 0.143 e. The zero-order chi connectivity index (χ0) is 11.2. The van der Waals surface area contributed by atoms with Crippen molar-refractivity contribution in [2.45, 2.75) is 31.8 Å². The Morgan fingerprint density at radius 1 is 1.33 bits per heavy atom. The first-order valence-corrected chi connectivity index (χ1v) is 5.67.